The van der Waals surface area contributed by atoms with Gasteiger partial charge in [-0.05, 0) is 61.1 Å². The second-order valence-corrected chi connectivity index (χ2v) is 9.25. The molecule has 35 heavy (non-hydrogen) atoms. The lowest BCUT2D eigenvalue weighted by Gasteiger charge is -2.18. The molecule has 0 saturated carbocycles. The van der Waals surface area contributed by atoms with Crippen LogP contribution in [0.4, 0.5) is 5.00 Å². The Bertz CT molecular complexity index is 1250. The monoisotopic (exact) mass is 496 g/mol. The number of rotatable bonds is 8. The summed E-state index contributed by atoms with van der Waals surface area (Å²) in [5.41, 5.74) is 2.21. The maximum absolute atomic E-state index is 12.9. The lowest BCUT2D eigenvalue weighted by atomic mass is 10.1. The zero-order chi connectivity index (χ0) is 24.2. The van der Waals surface area contributed by atoms with Crippen LogP contribution in [0.1, 0.15) is 43.3 Å². The van der Waals surface area contributed by atoms with Crippen LogP contribution in [0.5, 0.6) is 11.5 Å². The van der Waals surface area contributed by atoms with Crippen LogP contribution in [0.2, 0.25) is 0 Å². The normalized spacial score (nSPS) is 13.7. The molecule has 2 N–H and O–H groups in total. The summed E-state index contributed by atoms with van der Waals surface area (Å²) >= 11 is 1.36. The summed E-state index contributed by atoms with van der Waals surface area (Å²) in [5, 5.41) is 5.93. The van der Waals surface area contributed by atoms with E-state index in [0.717, 1.165) is 41.0 Å². The molecule has 0 unspecified atom stereocenters. The van der Waals surface area contributed by atoms with Gasteiger partial charge >= 0.3 is 5.97 Å². The zero-order valence-corrected chi connectivity index (χ0v) is 19.7. The third-order valence-electron chi connectivity index (χ3n) is 5.77. The predicted molar refractivity (Wildman–Crippen MR) is 127 cm³/mol. The molecular formula is C25H24N2O7S. The molecule has 0 atom stereocenters. The van der Waals surface area contributed by atoms with E-state index in [1.807, 2.05) is 18.2 Å². The number of ether oxygens (including phenoxy) is 3. The molecule has 10 heteroatoms. The van der Waals surface area contributed by atoms with Gasteiger partial charge in [-0.25, -0.2) is 4.79 Å². The molecule has 3 aromatic rings. The summed E-state index contributed by atoms with van der Waals surface area (Å²) < 4.78 is 21.5. The Hall–Kier alpha value is -3.79. The highest BCUT2D eigenvalue weighted by Crippen LogP contribution is 2.39. The van der Waals surface area contributed by atoms with Crippen molar-refractivity contribution in [1.29, 1.82) is 0 Å². The SMILES string of the molecule is O=C(COC(=O)c1c(NC(=O)c2ccco2)sc2c1CCC2)NCCc1ccc2c(c1)OCCO2. The fraction of sp³-hybridized carbons (Fsp3) is 0.320. The van der Waals surface area contributed by atoms with Crippen molar-refractivity contribution in [3.63, 3.8) is 0 Å². The van der Waals surface area contributed by atoms with E-state index in [0.29, 0.717) is 42.5 Å². The number of furan rings is 1. The molecule has 0 fully saturated rings. The lowest BCUT2D eigenvalue weighted by Crippen LogP contribution is -2.30. The molecule has 0 saturated heterocycles. The van der Waals surface area contributed by atoms with Gasteiger partial charge in [0.15, 0.2) is 23.9 Å². The number of hydrogen-bond donors (Lipinski definition) is 2. The van der Waals surface area contributed by atoms with E-state index < -0.39 is 24.4 Å². The molecule has 3 heterocycles. The van der Waals surface area contributed by atoms with Crippen molar-refractivity contribution < 1.29 is 33.0 Å². The molecule has 0 radical (unpaired) electrons. The molecule has 182 valence electrons. The van der Waals surface area contributed by atoms with E-state index in [9.17, 15) is 14.4 Å². The van der Waals surface area contributed by atoms with E-state index in [2.05, 4.69) is 10.6 Å². The van der Waals surface area contributed by atoms with Gasteiger partial charge in [-0.15, -0.1) is 11.3 Å². The maximum atomic E-state index is 12.9. The molecule has 2 amide bonds. The van der Waals surface area contributed by atoms with Crippen molar-refractivity contribution >= 4 is 34.1 Å². The van der Waals surface area contributed by atoms with E-state index in [-0.39, 0.29) is 5.76 Å². The van der Waals surface area contributed by atoms with Gasteiger partial charge in [0.25, 0.3) is 11.8 Å². The van der Waals surface area contributed by atoms with Gasteiger partial charge in [-0.1, -0.05) is 6.07 Å². The van der Waals surface area contributed by atoms with Crippen molar-refractivity contribution in [2.75, 3.05) is 31.7 Å². The molecule has 9 nitrogen and oxygen atoms in total. The Morgan fingerprint density at radius 2 is 1.91 bits per heavy atom. The second kappa shape index (κ2) is 10.2. The minimum atomic E-state index is -0.624. The summed E-state index contributed by atoms with van der Waals surface area (Å²) in [5.74, 6) is 0.101. The fourth-order valence-electron chi connectivity index (χ4n) is 4.12. The van der Waals surface area contributed by atoms with Crippen LogP contribution in [-0.4, -0.2) is 44.1 Å². The average Bonchev–Trinajstić information content (AvgIpc) is 3.61. The van der Waals surface area contributed by atoms with Crippen LogP contribution < -0.4 is 20.1 Å². The van der Waals surface area contributed by atoms with Gasteiger partial charge in [0.1, 0.15) is 18.2 Å². The summed E-state index contributed by atoms with van der Waals surface area (Å²) in [4.78, 5) is 38.7. The van der Waals surface area contributed by atoms with Crippen LogP contribution in [0.25, 0.3) is 0 Å². The van der Waals surface area contributed by atoms with E-state index in [1.54, 1.807) is 12.1 Å². The minimum absolute atomic E-state index is 0.148. The molecule has 2 aliphatic rings. The van der Waals surface area contributed by atoms with Gasteiger partial charge in [0.05, 0.1) is 11.8 Å². The number of anilines is 1. The number of nitrogens with one attached hydrogen (secondary N) is 2. The summed E-state index contributed by atoms with van der Waals surface area (Å²) in [6, 6.07) is 8.84. The molecule has 5 rings (SSSR count). The number of carbonyl (C=O) groups is 3. The molecule has 1 aromatic carbocycles. The van der Waals surface area contributed by atoms with Gasteiger partial charge in [-0.3, -0.25) is 9.59 Å². The third kappa shape index (κ3) is 5.17. The van der Waals surface area contributed by atoms with E-state index in [4.69, 9.17) is 18.6 Å². The summed E-state index contributed by atoms with van der Waals surface area (Å²) in [7, 11) is 0. The summed E-state index contributed by atoms with van der Waals surface area (Å²) in [6.07, 6.45) is 4.52. The van der Waals surface area contributed by atoms with Crippen LogP contribution in [-0.2, 0) is 28.8 Å². The predicted octanol–water partition coefficient (Wildman–Crippen LogP) is 3.37. The lowest BCUT2D eigenvalue weighted by molar-refractivity contribution is -0.124. The Morgan fingerprint density at radius 3 is 2.74 bits per heavy atom. The first-order valence-electron chi connectivity index (χ1n) is 11.4. The highest BCUT2D eigenvalue weighted by Gasteiger charge is 2.29. The largest absolute Gasteiger partial charge is 0.486 e. The highest BCUT2D eigenvalue weighted by molar-refractivity contribution is 7.17. The van der Waals surface area contributed by atoms with E-state index >= 15 is 0 Å². The number of fused-ring (bicyclic) bond motifs is 2. The van der Waals surface area contributed by atoms with Crippen LogP contribution >= 0.6 is 11.3 Å². The molecule has 0 bridgehead atoms. The fourth-order valence-corrected chi connectivity index (χ4v) is 5.40. The first-order valence-corrected chi connectivity index (χ1v) is 12.2. The maximum Gasteiger partial charge on any atom is 0.341 e. The first-order chi connectivity index (χ1) is 17.1. The second-order valence-electron chi connectivity index (χ2n) is 8.15. The van der Waals surface area contributed by atoms with Crippen LogP contribution in [0.15, 0.2) is 41.0 Å². The highest BCUT2D eigenvalue weighted by atomic mass is 32.1. The number of aryl methyl sites for hydroxylation is 1. The van der Waals surface area contributed by atoms with Gasteiger partial charge in [0, 0.05) is 11.4 Å². The Labute approximate surface area is 205 Å². The van der Waals surface area contributed by atoms with Gasteiger partial charge < -0.3 is 29.3 Å². The molecule has 1 aliphatic heterocycles. The van der Waals surface area contributed by atoms with Gasteiger partial charge in [-0.2, -0.15) is 0 Å². The molecular weight excluding hydrogens is 472 g/mol. The number of esters is 1. The Kier molecular flexibility index (Phi) is 6.71. The molecule has 0 spiro atoms. The van der Waals surface area contributed by atoms with Crippen molar-refractivity contribution in [1.82, 2.24) is 5.32 Å². The van der Waals surface area contributed by atoms with Crippen LogP contribution in [0.3, 0.4) is 0 Å². The van der Waals surface area contributed by atoms with Crippen molar-refractivity contribution in [3.05, 3.63) is 63.9 Å². The Morgan fingerprint density at radius 1 is 1.06 bits per heavy atom. The van der Waals surface area contributed by atoms with Crippen molar-refractivity contribution in [2.45, 2.75) is 25.7 Å². The number of carbonyl (C=O) groups excluding carboxylic acids is 3. The average molecular weight is 497 g/mol. The third-order valence-corrected chi connectivity index (χ3v) is 6.98. The Balaban J connectivity index is 1.15. The van der Waals surface area contributed by atoms with E-state index in [1.165, 1.54) is 17.6 Å². The standard InChI is InChI=1S/C25H24N2O7S/c28-21(26-9-8-15-6-7-17-19(13-15)33-12-11-32-17)14-34-25(30)22-16-3-1-5-20(16)35-24(22)27-23(29)18-4-2-10-31-18/h2,4,6-7,10,13H,1,3,5,8-9,11-12,14H2,(H,26,28)(H,27,29). The quantitative estimate of drug-likeness (QED) is 0.460. The van der Waals surface area contributed by atoms with Crippen molar-refractivity contribution in [3.8, 4) is 11.5 Å². The molecule has 2 aromatic heterocycles. The number of benzene rings is 1. The smallest absolute Gasteiger partial charge is 0.341 e. The van der Waals surface area contributed by atoms with Crippen molar-refractivity contribution in [2.24, 2.45) is 0 Å². The first kappa shape index (κ1) is 23.0. The minimum Gasteiger partial charge on any atom is -0.486 e. The molecule has 1 aliphatic carbocycles. The number of hydrogen-bond acceptors (Lipinski definition) is 8. The number of thiophene rings is 1. The number of amides is 2. The summed E-state index contributed by atoms with van der Waals surface area (Å²) in [6.45, 7) is 1.03. The van der Waals surface area contributed by atoms with Crippen LogP contribution in [0, 0.1) is 0 Å². The van der Waals surface area contributed by atoms with Gasteiger partial charge in [0.2, 0.25) is 0 Å². The topological polar surface area (TPSA) is 116 Å². The zero-order valence-electron chi connectivity index (χ0n) is 18.9.